The fraction of sp³-hybridized carbons (Fsp3) is 0.211. The Balaban J connectivity index is 1.89. The third-order valence-electron chi connectivity index (χ3n) is 4.14. The minimum absolute atomic E-state index is 0.0700. The molecule has 0 bridgehead atoms. The molecule has 0 unspecified atom stereocenters. The van der Waals surface area contributed by atoms with Gasteiger partial charge in [0.05, 0.1) is 16.1 Å². The van der Waals surface area contributed by atoms with Crippen molar-refractivity contribution in [3.8, 4) is 0 Å². The van der Waals surface area contributed by atoms with Gasteiger partial charge in [0.2, 0.25) is 11.9 Å². The maximum atomic E-state index is 12.3. The third-order valence-corrected chi connectivity index (χ3v) is 5.44. The minimum Gasteiger partial charge on any atom is -0.369 e. The van der Waals surface area contributed by atoms with Crippen molar-refractivity contribution < 1.29 is 8.42 Å². The van der Waals surface area contributed by atoms with Crippen molar-refractivity contribution in [2.45, 2.75) is 32.1 Å². The van der Waals surface area contributed by atoms with Crippen LogP contribution in [0.2, 0.25) is 0 Å². The van der Waals surface area contributed by atoms with E-state index in [1.165, 1.54) is 17.7 Å². The first-order valence-electron chi connectivity index (χ1n) is 8.50. The molecule has 0 radical (unpaired) electrons. The second kappa shape index (κ2) is 7.32. The minimum atomic E-state index is -3.91. The lowest BCUT2D eigenvalue weighted by Crippen LogP contribution is -2.25. The fourth-order valence-electron chi connectivity index (χ4n) is 2.63. The number of fused-ring (bicyclic) bond motifs is 1. The van der Waals surface area contributed by atoms with Crippen LogP contribution in [0.5, 0.6) is 0 Å². The summed E-state index contributed by atoms with van der Waals surface area (Å²) in [6, 6.07) is 12.3. The lowest BCUT2D eigenvalue weighted by Gasteiger charge is -2.08. The van der Waals surface area contributed by atoms with Crippen LogP contribution in [0, 0.1) is 13.8 Å². The molecule has 1 aromatic heterocycles. The van der Waals surface area contributed by atoms with E-state index >= 15 is 0 Å². The quantitative estimate of drug-likeness (QED) is 0.529. The predicted octanol–water partition coefficient (Wildman–Crippen LogP) is 2.92. The number of nitrogens with two attached hydrogens (primary N) is 1. The molecule has 0 aliphatic carbocycles. The van der Waals surface area contributed by atoms with E-state index < -0.39 is 10.0 Å². The summed E-state index contributed by atoms with van der Waals surface area (Å²) < 4.78 is 28.3. The maximum Gasteiger partial charge on any atom is 0.285 e. The monoisotopic (exact) mass is 383 g/mol. The van der Waals surface area contributed by atoms with Crippen LogP contribution >= 0.6 is 0 Å². The summed E-state index contributed by atoms with van der Waals surface area (Å²) in [6.45, 7) is 5.82. The van der Waals surface area contributed by atoms with Crippen molar-refractivity contribution in [1.82, 2.24) is 9.97 Å². The summed E-state index contributed by atoms with van der Waals surface area (Å²) in [6.07, 6.45) is 0.922. The standard InChI is InChI=1S/C19H21N5O2S/c1-4-14-7-10-17-16(11-14)13(3)21-19(22-17)23-18(20)24-27(25,26)15-8-5-12(2)6-9-15/h5-11H,4H2,1-3H3,(H3,20,21,22,23,24). The molecule has 0 saturated carbocycles. The van der Waals surface area contributed by atoms with E-state index in [1.807, 2.05) is 32.0 Å². The molecule has 1 heterocycles. The largest absolute Gasteiger partial charge is 0.369 e. The summed E-state index contributed by atoms with van der Waals surface area (Å²) in [5.41, 5.74) is 9.44. The molecule has 0 aliphatic rings. The van der Waals surface area contributed by atoms with Crippen LogP contribution in [0.1, 0.15) is 23.7 Å². The number of nitrogens with one attached hydrogen (secondary N) is 1. The molecule has 0 saturated heterocycles. The molecule has 0 spiro atoms. The Kier molecular flexibility index (Phi) is 5.09. The van der Waals surface area contributed by atoms with Crippen molar-refractivity contribution >= 4 is 32.8 Å². The highest BCUT2D eigenvalue weighted by atomic mass is 32.2. The van der Waals surface area contributed by atoms with E-state index in [4.69, 9.17) is 5.73 Å². The molecule has 2 aromatic carbocycles. The molecule has 8 heteroatoms. The van der Waals surface area contributed by atoms with E-state index in [0.717, 1.165) is 28.6 Å². The van der Waals surface area contributed by atoms with Gasteiger partial charge in [0, 0.05) is 5.39 Å². The molecule has 0 fully saturated rings. The molecule has 7 nitrogen and oxygen atoms in total. The highest BCUT2D eigenvalue weighted by Crippen LogP contribution is 2.19. The molecule has 140 valence electrons. The molecule has 27 heavy (non-hydrogen) atoms. The Morgan fingerprint density at radius 2 is 1.81 bits per heavy atom. The highest BCUT2D eigenvalue weighted by molar-refractivity contribution is 7.90. The van der Waals surface area contributed by atoms with Gasteiger partial charge in [0.25, 0.3) is 10.0 Å². The van der Waals surface area contributed by atoms with Crippen LogP contribution in [-0.4, -0.2) is 24.3 Å². The Labute approximate surface area is 158 Å². The molecule has 0 aliphatic heterocycles. The predicted molar refractivity (Wildman–Crippen MR) is 107 cm³/mol. The number of hydrogen-bond donors (Lipinski definition) is 2. The zero-order chi connectivity index (χ0) is 19.6. The first-order chi connectivity index (χ1) is 12.8. The van der Waals surface area contributed by atoms with Crippen LogP contribution in [0.4, 0.5) is 5.95 Å². The number of rotatable bonds is 4. The van der Waals surface area contributed by atoms with Crippen molar-refractivity contribution in [1.29, 1.82) is 0 Å². The number of sulfonamides is 1. The van der Waals surface area contributed by atoms with Crippen LogP contribution in [0.25, 0.3) is 10.9 Å². The zero-order valence-corrected chi connectivity index (χ0v) is 16.2. The molecule has 3 aromatic rings. The summed E-state index contributed by atoms with van der Waals surface area (Å²) in [5.74, 6) is -0.0934. The maximum absolute atomic E-state index is 12.3. The Morgan fingerprint density at radius 3 is 2.48 bits per heavy atom. The van der Waals surface area contributed by atoms with E-state index in [1.54, 1.807) is 12.1 Å². The van der Waals surface area contributed by atoms with Gasteiger partial charge in [0.1, 0.15) is 0 Å². The SMILES string of the molecule is CCc1ccc2nc(N/C(N)=N/S(=O)(=O)c3ccc(C)cc3)nc(C)c2c1. The van der Waals surface area contributed by atoms with Crippen LogP contribution in [0.3, 0.4) is 0 Å². The van der Waals surface area contributed by atoms with Gasteiger partial charge in [-0.05, 0) is 50.1 Å². The number of benzene rings is 2. The average Bonchev–Trinajstić information content (AvgIpc) is 2.61. The number of aromatic nitrogens is 2. The Hall–Kier alpha value is -3.00. The van der Waals surface area contributed by atoms with Crippen molar-refractivity contribution in [3.05, 3.63) is 59.3 Å². The van der Waals surface area contributed by atoms with Crippen molar-refractivity contribution in [2.24, 2.45) is 10.1 Å². The van der Waals surface area contributed by atoms with Gasteiger partial charge in [-0.2, -0.15) is 8.42 Å². The number of aryl methyl sites for hydroxylation is 3. The third kappa shape index (κ3) is 4.22. The number of hydrogen-bond acceptors (Lipinski definition) is 4. The summed E-state index contributed by atoms with van der Waals surface area (Å²) in [5, 5.41) is 3.61. The molecule has 0 atom stereocenters. The average molecular weight is 383 g/mol. The van der Waals surface area contributed by atoms with Gasteiger partial charge in [-0.25, -0.2) is 9.97 Å². The van der Waals surface area contributed by atoms with Gasteiger partial charge in [-0.15, -0.1) is 4.40 Å². The zero-order valence-electron chi connectivity index (χ0n) is 15.4. The van der Waals surface area contributed by atoms with E-state index in [-0.39, 0.29) is 16.8 Å². The second-order valence-electron chi connectivity index (χ2n) is 6.23. The molecular formula is C19H21N5O2S. The first kappa shape index (κ1) is 18.8. The topological polar surface area (TPSA) is 110 Å². The normalized spacial score (nSPS) is 12.3. The fourth-order valence-corrected chi connectivity index (χ4v) is 3.52. The van der Waals surface area contributed by atoms with Gasteiger partial charge in [-0.3, -0.25) is 5.32 Å². The number of guanidine groups is 1. The number of nitrogens with zero attached hydrogens (tertiary/aromatic N) is 3. The van der Waals surface area contributed by atoms with E-state index in [0.29, 0.717) is 0 Å². The Morgan fingerprint density at radius 1 is 1.11 bits per heavy atom. The van der Waals surface area contributed by atoms with Crippen LogP contribution in [0.15, 0.2) is 51.8 Å². The lowest BCUT2D eigenvalue weighted by molar-refractivity contribution is 0.598. The molecule has 3 rings (SSSR count). The summed E-state index contributed by atoms with van der Waals surface area (Å²) in [4.78, 5) is 8.81. The smallest absolute Gasteiger partial charge is 0.285 e. The van der Waals surface area contributed by atoms with E-state index in [2.05, 4.69) is 26.6 Å². The Bertz CT molecular complexity index is 1120. The van der Waals surface area contributed by atoms with Gasteiger partial charge in [0.15, 0.2) is 0 Å². The summed E-state index contributed by atoms with van der Waals surface area (Å²) >= 11 is 0. The van der Waals surface area contributed by atoms with Crippen molar-refractivity contribution in [3.63, 3.8) is 0 Å². The van der Waals surface area contributed by atoms with Crippen LogP contribution in [-0.2, 0) is 16.4 Å². The van der Waals surface area contributed by atoms with Crippen molar-refractivity contribution in [2.75, 3.05) is 5.32 Å². The molecule has 3 N–H and O–H groups in total. The van der Waals surface area contributed by atoms with Crippen LogP contribution < -0.4 is 11.1 Å². The highest BCUT2D eigenvalue weighted by Gasteiger charge is 2.14. The second-order valence-corrected chi connectivity index (χ2v) is 7.83. The lowest BCUT2D eigenvalue weighted by atomic mass is 10.1. The summed E-state index contributed by atoms with van der Waals surface area (Å²) in [7, 11) is -3.91. The van der Waals surface area contributed by atoms with Gasteiger partial charge >= 0.3 is 0 Å². The first-order valence-corrected chi connectivity index (χ1v) is 9.94. The van der Waals surface area contributed by atoms with E-state index in [9.17, 15) is 8.42 Å². The molecule has 0 amide bonds. The van der Waals surface area contributed by atoms with Gasteiger partial charge in [-0.1, -0.05) is 30.7 Å². The number of anilines is 1. The molecular weight excluding hydrogens is 362 g/mol. The van der Waals surface area contributed by atoms with Gasteiger partial charge < -0.3 is 5.73 Å².